The van der Waals surface area contributed by atoms with Crippen molar-refractivity contribution in [3.05, 3.63) is 0 Å². The van der Waals surface area contributed by atoms with Crippen molar-refractivity contribution < 1.29 is 23.8 Å². The highest BCUT2D eigenvalue weighted by molar-refractivity contribution is 5.79. The van der Waals surface area contributed by atoms with Gasteiger partial charge in [0.25, 0.3) is 0 Å². The molecule has 0 aliphatic carbocycles. The number of methoxy groups -OCH3 is 1. The minimum atomic E-state index is -0.935. The molecule has 1 saturated heterocycles. The number of rotatable bonds is 2. The van der Waals surface area contributed by atoms with Crippen molar-refractivity contribution in [3.8, 4) is 0 Å². The number of hydrogen-bond donors (Lipinski definition) is 0. The van der Waals surface area contributed by atoms with Crippen molar-refractivity contribution in [2.75, 3.05) is 13.7 Å². The monoisotopic (exact) mass is 259 g/mol. The molecule has 1 rings (SSSR count). The number of carbonyl (C=O) groups excluding carboxylic acids is 2. The molecule has 0 aromatic carbocycles. The second kappa shape index (κ2) is 4.76. The third kappa shape index (κ3) is 2.75. The average Bonchev–Trinajstić information content (AvgIpc) is 2.46. The van der Waals surface area contributed by atoms with Crippen LogP contribution in [0.5, 0.6) is 0 Å². The third-order valence-electron chi connectivity index (χ3n) is 2.92. The summed E-state index contributed by atoms with van der Waals surface area (Å²) in [5.74, 6) is -0.584. The number of esters is 1. The molecule has 1 aliphatic heterocycles. The zero-order valence-corrected chi connectivity index (χ0v) is 11.8. The Morgan fingerprint density at radius 1 is 1.28 bits per heavy atom. The third-order valence-corrected chi connectivity index (χ3v) is 2.92. The summed E-state index contributed by atoms with van der Waals surface area (Å²) in [6, 6.07) is 0. The van der Waals surface area contributed by atoms with Crippen LogP contribution in [0.4, 0.5) is 4.79 Å². The SMILES string of the molecule is COC(=O)[C@H](C)OC(=O)N1C(C)(C)COC1(C)C. The van der Waals surface area contributed by atoms with Crippen LogP contribution >= 0.6 is 0 Å². The molecule has 1 fully saturated rings. The van der Waals surface area contributed by atoms with E-state index in [1.54, 1.807) is 13.8 Å². The summed E-state index contributed by atoms with van der Waals surface area (Å²) in [6.45, 7) is 9.22. The fraction of sp³-hybridized carbons (Fsp3) is 0.833. The molecule has 104 valence electrons. The van der Waals surface area contributed by atoms with Crippen LogP contribution in [0.2, 0.25) is 0 Å². The topological polar surface area (TPSA) is 65.1 Å². The van der Waals surface area contributed by atoms with Crippen LogP contribution in [-0.2, 0) is 19.0 Å². The van der Waals surface area contributed by atoms with Gasteiger partial charge >= 0.3 is 12.1 Å². The highest BCUT2D eigenvalue weighted by Crippen LogP contribution is 2.35. The van der Waals surface area contributed by atoms with E-state index in [2.05, 4.69) is 4.74 Å². The Kier molecular flexibility index (Phi) is 3.90. The number of carbonyl (C=O) groups is 2. The van der Waals surface area contributed by atoms with Crippen LogP contribution in [0, 0.1) is 0 Å². The molecule has 0 N–H and O–H groups in total. The lowest BCUT2D eigenvalue weighted by Crippen LogP contribution is -2.53. The average molecular weight is 259 g/mol. The Hall–Kier alpha value is -1.30. The van der Waals surface area contributed by atoms with Gasteiger partial charge in [0.2, 0.25) is 0 Å². The fourth-order valence-electron chi connectivity index (χ4n) is 2.10. The highest BCUT2D eigenvalue weighted by atomic mass is 16.6. The molecule has 0 bridgehead atoms. The van der Waals surface area contributed by atoms with Gasteiger partial charge in [-0.05, 0) is 34.6 Å². The second-order valence-corrected chi connectivity index (χ2v) is 5.43. The maximum Gasteiger partial charge on any atom is 0.413 e. The van der Waals surface area contributed by atoms with Gasteiger partial charge in [-0.2, -0.15) is 0 Å². The molecule has 0 aromatic heterocycles. The summed E-state index contributed by atoms with van der Waals surface area (Å²) in [5.41, 5.74) is -1.23. The van der Waals surface area contributed by atoms with Crippen molar-refractivity contribution >= 4 is 12.1 Å². The van der Waals surface area contributed by atoms with Gasteiger partial charge in [0.15, 0.2) is 6.10 Å². The Balaban J connectivity index is 2.80. The first kappa shape index (κ1) is 14.8. The van der Waals surface area contributed by atoms with Crippen molar-refractivity contribution in [2.24, 2.45) is 0 Å². The predicted molar refractivity (Wildman–Crippen MR) is 63.9 cm³/mol. The van der Waals surface area contributed by atoms with Crippen LogP contribution in [-0.4, -0.2) is 48.0 Å². The van der Waals surface area contributed by atoms with Gasteiger partial charge in [0.1, 0.15) is 5.72 Å². The lowest BCUT2D eigenvalue weighted by molar-refractivity contribution is -0.151. The van der Waals surface area contributed by atoms with E-state index in [9.17, 15) is 9.59 Å². The summed E-state index contributed by atoms with van der Waals surface area (Å²) < 4.78 is 15.2. The minimum absolute atomic E-state index is 0.418. The number of hydrogen-bond acceptors (Lipinski definition) is 5. The van der Waals surface area contributed by atoms with Crippen LogP contribution in [0.3, 0.4) is 0 Å². The molecule has 0 saturated carbocycles. The molecule has 1 aliphatic rings. The molecular formula is C12H21NO5. The molecule has 1 heterocycles. The minimum Gasteiger partial charge on any atom is -0.466 e. The first-order valence-corrected chi connectivity index (χ1v) is 5.84. The van der Waals surface area contributed by atoms with Gasteiger partial charge in [0, 0.05) is 0 Å². The van der Waals surface area contributed by atoms with Gasteiger partial charge in [-0.3, -0.25) is 4.90 Å². The molecule has 18 heavy (non-hydrogen) atoms. The molecule has 1 atom stereocenters. The van der Waals surface area contributed by atoms with Gasteiger partial charge in [0.05, 0.1) is 19.3 Å². The molecule has 0 radical (unpaired) electrons. The largest absolute Gasteiger partial charge is 0.466 e. The molecule has 0 spiro atoms. The van der Waals surface area contributed by atoms with E-state index >= 15 is 0 Å². The zero-order valence-electron chi connectivity index (χ0n) is 11.8. The van der Waals surface area contributed by atoms with Crippen molar-refractivity contribution in [1.82, 2.24) is 4.90 Å². The van der Waals surface area contributed by atoms with Crippen LogP contribution in [0.15, 0.2) is 0 Å². The van der Waals surface area contributed by atoms with Crippen LogP contribution < -0.4 is 0 Å². The van der Waals surface area contributed by atoms with Gasteiger partial charge in [-0.1, -0.05) is 0 Å². The number of amides is 1. The number of nitrogens with zero attached hydrogens (tertiary/aromatic N) is 1. The smallest absolute Gasteiger partial charge is 0.413 e. The lowest BCUT2D eigenvalue weighted by atomic mass is 10.0. The van der Waals surface area contributed by atoms with E-state index in [1.807, 2.05) is 13.8 Å². The van der Waals surface area contributed by atoms with Gasteiger partial charge in [-0.15, -0.1) is 0 Å². The van der Waals surface area contributed by atoms with Crippen LogP contribution in [0.1, 0.15) is 34.6 Å². The molecule has 6 nitrogen and oxygen atoms in total. The highest BCUT2D eigenvalue weighted by Gasteiger charge is 2.50. The van der Waals surface area contributed by atoms with E-state index in [1.165, 1.54) is 18.9 Å². The summed E-state index contributed by atoms with van der Waals surface area (Å²) in [4.78, 5) is 24.9. The maximum absolute atomic E-state index is 12.1. The summed E-state index contributed by atoms with van der Waals surface area (Å²) in [7, 11) is 1.25. The molecule has 1 amide bonds. The van der Waals surface area contributed by atoms with E-state index < -0.39 is 29.4 Å². The van der Waals surface area contributed by atoms with E-state index in [4.69, 9.17) is 9.47 Å². The summed E-state index contributed by atoms with van der Waals surface area (Å²) >= 11 is 0. The summed E-state index contributed by atoms with van der Waals surface area (Å²) in [6.07, 6.45) is -1.52. The quantitative estimate of drug-likeness (QED) is 0.704. The normalized spacial score (nSPS) is 22.4. The molecule has 0 unspecified atom stereocenters. The van der Waals surface area contributed by atoms with Gasteiger partial charge in [-0.25, -0.2) is 9.59 Å². The van der Waals surface area contributed by atoms with Crippen LogP contribution in [0.25, 0.3) is 0 Å². The maximum atomic E-state index is 12.1. The van der Waals surface area contributed by atoms with Gasteiger partial charge < -0.3 is 14.2 Å². The standard InChI is InChI=1S/C12H21NO5/c1-8(9(14)16-6)18-10(15)13-11(2,3)7-17-12(13,4)5/h8H,7H2,1-6H3/t8-/m0/s1. The Bertz CT molecular complexity index is 334. The van der Waals surface area contributed by atoms with E-state index in [0.29, 0.717) is 6.61 Å². The van der Waals surface area contributed by atoms with Crippen molar-refractivity contribution in [2.45, 2.75) is 52.0 Å². The van der Waals surface area contributed by atoms with E-state index in [-0.39, 0.29) is 0 Å². The first-order valence-electron chi connectivity index (χ1n) is 5.84. The first-order chi connectivity index (χ1) is 8.12. The zero-order chi connectivity index (χ0) is 14.1. The fourth-order valence-corrected chi connectivity index (χ4v) is 2.10. The van der Waals surface area contributed by atoms with Crippen molar-refractivity contribution in [1.29, 1.82) is 0 Å². The molecular weight excluding hydrogens is 238 g/mol. The Morgan fingerprint density at radius 2 is 1.83 bits per heavy atom. The summed E-state index contributed by atoms with van der Waals surface area (Å²) in [5, 5.41) is 0. The van der Waals surface area contributed by atoms with E-state index in [0.717, 1.165) is 0 Å². The second-order valence-electron chi connectivity index (χ2n) is 5.43. The molecule has 6 heteroatoms. The number of ether oxygens (including phenoxy) is 3. The van der Waals surface area contributed by atoms with Crippen molar-refractivity contribution in [3.63, 3.8) is 0 Å². The Morgan fingerprint density at radius 3 is 2.22 bits per heavy atom. The lowest BCUT2D eigenvalue weighted by Gasteiger charge is -2.37. The Labute approximate surface area is 107 Å². The molecule has 0 aromatic rings. The predicted octanol–water partition coefficient (Wildman–Crippen LogP) is 1.53.